The molecular weight excluding hydrogens is 333 g/mol. The minimum absolute atomic E-state index is 0.0162. The van der Waals surface area contributed by atoms with Gasteiger partial charge in [0.15, 0.2) is 0 Å². The first kappa shape index (κ1) is 17.2. The molecule has 118 valence electrons. The SMILES string of the molecule is CC(C)(C)C1=C(C#N)C(c2cccc(Cl)c2Cl)C(C#N)=C(N)O1. The second-order valence-corrected chi connectivity index (χ2v) is 6.96. The van der Waals surface area contributed by atoms with Crippen molar-refractivity contribution in [1.82, 2.24) is 0 Å². The Kier molecular flexibility index (Phi) is 4.61. The van der Waals surface area contributed by atoms with E-state index in [1.165, 1.54) is 0 Å². The second-order valence-electron chi connectivity index (χ2n) is 6.17. The van der Waals surface area contributed by atoms with Crippen molar-refractivity contribution in [2.45, 2.75) is 26.7 Å². The summed E-state index contributed by atoms with van der Waals surface area (Å²) in [6.07, 6.45) is 0. The van der Waals surface area contributed by atoms with Gasteiger partial charge in [-0.15, -0.1) is 0 Å². The van der Waals surface area contributed by atoms with Crippen molar-refractivity contribution in [2.24, 2.45) is 11.1 Å². The van der Waals surface area contributed by atoms with Gasteiger partial charge in [-0.25, -0.2) is 0 Å². The van der Waals surface area contributed by atoms with Crippen molar-refractivity contribution >= 4 is 23.2 Å². The molecule has 1 aromatic carbocycles. The molecule has 23 heavy (non-hydrogen) atoms. The van der Waals surface area contributed by atoms with Crippen LogP contribution in [-0.2, 0) is 4.74 Å². The Labute approximate surface area is 145 Å². The van der Waals surface area contributed by atoms with E-state index < -0.39 is 11.3 Å². The van der Waals surface area contributed by atoms with Crippen LogP contribution in [-0.4, -0.2) is 0 Å². The molecule has 0 radical (unpaired) electrons. The molecule has 6 heteroatoms. The number of halogens is 2. The molecule has 0 amide bonds. The monoisotopic (exact) mass is 347 g/mol. The molecule has 0 bridgehead atoms. The molecule has 1 atom stereocenters. The summed E-state index contributed by atoms with van der Waals surface area (Å²) in [5.74, 6) is -0.283. The average molecular weight is 348 g/mol. The largest absolute Gasteiger partial charge is 0.443 e. The summed E-state index contributed by atoms with van der Waals surface area (Å²) in [7, 11) is 0. The smallest absolute Gasteiger partial charge is 0.205 e. The molecule has 0 fully saturated rings. The van der Waals surface area contributed by atoms with E-state index in [1.807, 2.05) is 26.8 Å². The number of hydrogen-bond acceptors (Lipinski definition) is 4. The Balaban J connectivity index is 2.81. The Morgan fingerprint density at radius 2 is 1.74 bits per heavy atom. The van der Waals surface area contributed by atoms with E-state index in [4.69, 9.17) is 33.7 Å². The lowest BCUT2D eigenvalue weighted by Crippen LogP contribution is -2.26. The highest BCUT2D eigenvalue weighted by molar-refractivity contribution is 6.42. The fourth-order valence-electron chi connectivity index (χ4n) is 2.48. The normalized spacial score (nSPS) is 18.3. The van der Waals surface area contributed by atoms with Crippen LogP contribution in [0.1, 0.15) is 32.3 Å². The Bertz CT molecular complexity index is 805. The van der Waals surface area contributed by atoms with E-state index >= 15 is 0 Å². The molecular formula is C17H15Cl2N3O. The molecule has 0 aliphatic carbocycles. The van der Waals surface area contributed by atoms with Crippen molar-refractivity contribution in [3.8, 4) is 12.1 Å². The molecule has 1 aliphatic rings. The fourth-order valence-corrected chi connectivity index (χ4v) is 2.90. The Morgan fingerprint density at radius 1 is 1.13 bits per heavy atom. The van der Waals surface area contributed by atoms with Crippen molar-refractivity contribution in [2.75, 3.05) is 0 Å². The number of hydrogen-bond donors (Lipinski definition) is 1. The van der Waals surface area contributed by atoms with E-state index in [0.29, 0.717) is 26.9 Å². The average Bonchev–Trinajstić information content (AvgIpc) is 2.48. The third-order valence-corrected chi connectivity index (χ3v) is 4.35. The standard InChI is InChI=1S/C17H15Cl2N3O/c1-17(2,3)15-10(7-20)13(11(8-21)16(22)23-15)9-5-4-6-12(18)14(9)19/h4-6,13H,22H2,1-3H3. The highest BCUT2D eigenvalue weighted by Crippen LogP contribution is 2.46. The van der Waals surface area contributed by atoms with Crippen molar-refractivity contribution in [3.63, 3.8) is 0 Å². The number of nitriles is 2. The zero-order chi connectivity index (χ0) is 17.4. The number of benzene rings is 1. The van der Waals surface area contributed by atoms with Crippen LogP contribution in [0.5, 0.6) is 0 Å². The maximum atomic E-state index is 9.68. The van der Waals surface area contributed by atoms with E-state index in [2.05, 4.69) is 6.07 Å². The van der Waals surface area contributed by atoms with Gasteiger partial charge in [0.25, 0.3) is 0 Å². The summed E-state index contributed by atoms with van der Waals surface area (Å²) in [6.45, 7) is 5.71. The highest BCUT2D eigenvalue weighted by Gasteiger charge is 2.38. The molecule has 0 saturated heterocycles. The van der Waals surface area contributed by atoms with Crippen LogP contribution in [0.15, 0.2) is 41.0 Å². The van der Waals surface area contributed by atoms with Crippen LogP contribution in [0.3, 0.4) is 0 Å². The zero-order valence-electron chi connectivity index (χ0n) is 12.9. The number of rotatable bonds is 1. The van der Waals surface area contributed by atoms with Gasteiger partial charge < -0.3 is 10.5 Å². The summed E-state index contributed by atoms with van der Waals surface area (Å²) in [5.41, 5.74) is 6.49. The minimum atomic E-state index is -0.695. The number of nitrogens with zero attached hydrogens (tertiary/aromatic N) is 2. The lowest BCUT2D eigenvalue weighted by molar-refractivity contribution is 0.199. The van der Waals surface area contributed by atoms with Gasteiger partial charge >= 0.3 is 0 Å². The first-order valence-corrected chi connectivity index (χ1v) is 7.64. The third kappa shape index (κ3) is 3.01. The van der Waals surface area contributed by atoms with Crippen LogP contribution in [0.25, 0.3) is 0 Å². The van der Waals surface area contributed by atoms with Gasteiger partial charge in [0.05, 0.1) is 27.6 Å². The van der Waals surface area contributed by atoms with E-state index in [0.717, 1.165) is 0 Å². The van der Waals surface area contributed by atoms with Gasteiger partial charge in [0, 0.05) is 5.41 Å². The molecule has 2 rings (SSSR count). The van der Waals surface area contributed by atoms with Gasteiger partial charge in [-0.2, -0.15) is 10.5 Å². The topological polar surface area (TPSA) is 82.8 Å². The van der Waals surface area contributed by atoms with Crippen LogP contribution in [0, 0.1) is 28.1 Å². The predicted molar refractivity (Wildman–Crippen MR) is 89.2 cm³/mol. The maximum Gasteiger partial charge on any atom is 0.205 e. The van der Waals surface area contributed by atoms with Crippen LogP contribution in [0.2, 0.25) is 10.0 Å². The number of allylic oxidation sites excluding steroid dienone is 3. The zero-order valence-corrected chi connectivity index (χ0v) is 14.5. The maximum absolute atomic E-state index is 9.68. The first-order chi connectivity index (χ1) is 10.7. The Morgan fingerprint density at radius 3 is 2.26 bits per heavy atom. The summed E-state index contributed by atoms with van der Waals surface area (Å²) < 4.78 is 5.60. The van der Waals surface area contributed by atoms with Gasteiger partial charge in [0.2, 0.25) is 5.88 Å². The van der Waals surface area contributed by atoms with Crippen molar-refractivity contribution in [3.05, 3.63) is 56.6 Å². The first-order valence-electron chi connectivity index (χ1n) is 6.88. The minimum Gasteiger partial charge on any atom is -0.443 e. The van der Waals surface area contributed by atoms with Gasteiger partial charge in [-0.05, 0) is 11.6 Å². The molecule has 0 aromatic heterocycles. The number of ether oxygens (including phenoxy) is 1. The fraction of sp³-hybridized carbons (Fsp3) is 0.294. The lowest BCUT2D eigenvalue weighted by Gasteiger charge is -2.32. The third-order valence-electron chi connectivity index (χ3n) is 3.51. The molecule has 1 unspecified atom stereocenters. The summed E-state index contributed by atoms with van der Waals surface area (Å²) >= 11 is 12.4. The second kappa shape index (κ2) is 6.16. The van der Waals surface area contributed by atoms with E-state index in [1.54, 1.807) is 18.2 Å². The molecule has 0 saturated carbocycles. The van der Waals surface area contributed by atoms with Crippen molar-refractivity contribution in [1.29, 1.82) is 10.5 Å². The molecule has 1 heterocycles. The van der Waals surface area contributed by atoms with Crippen LogP contribution >= 0.6 is 23.2 Å². The molecule has 4 nitrogen and oxygen atoms in total. The van der Waals surface area contributed by atoms with Gasteiger partial charge in [-0.3, -0.25) is 0 Å². The summed E-state index contributed by atoms with van der Waals surface area (Å²) in [5, 5.41) is 19.8. The number of nitrogens with two attached hydrogens (primary N) is 1. The van der Waals surface area contributed by atoms with Gasteiger partial charge in [0.1, 0.15) is 17.4 Å². The van der Waals surface area contributed by atoms with E-state index in [-0.39, 0.29) is 11.5 Å². The molecule has 1 aromatic rings. The lowest BCUT2D eigenvalue weighted by atomic mass is 9.79. The Hall–Kier alpha value is -2.14. The summed E-state index contributed by atoms with van der Waals surface area (Å²) in [4.78, 5) is 0. The molecule has 2 N–H and O–H groups in total. The van der Waals surface area contributed by atoms with Crippen LogP contribution < -0.4 is 5.73 Å². The predicted octanol–water partition coefficient (Wildman–Crippen LogP) is 4.62. The molecule has 0 spiro atoms. The molecule has 1 aliphatic heterocycles. The quantitative estimate of drug-likeness (QED) is 0.802. The van der Waals surface area contributed by atoms with Gasteiger partial charge in [-0.1, -0.05) is 56.1 Å². The summed E-state index contributed by atoms with van der Waals surface area (Å²) in [6, 6.07) is 9.27. The van der Waals surface area contributed by atoms with Crippen LogP contribution in [0.4, 0.5) is 0 Å². The van der Waals surface area contributed by atoms with Crippen molar-refractivity contribution < 1.29 is 4.74 Å². The van der Waals surface area contributed by atoms with E-state index in [9.17, 15) is 10.5 Å². The highest BCUT2D eigenvalue weighted by atomic mass is 35.5.